The van der Waals surface area contributed by atoms with Crippen molar-refractivity contribution in [3.8, 4) is 0 Å². The van der Waals surface area contributed by atoms with E-state index in [1.165, 1.54) is 30.5 Å². The highest BCUT2D eigenvalue weighted by atomic mass is 15.0. The van der Waals surface area contributed by atoms with Crippen LogP contribution in [0.25, 0.3) is 0 Å². The van der Waals surface area contributed by atoms with E-state index in [1.54, 1.807) is 6.33 Å². The van der Waals surface area contributed by atoms with Crippen molar-refractivity contribution in [3.63, 3.8) is 0 Å². The van der Waals surface area contributed by atoms with Crippen molar-refractivity contribution in [1.29, 1.82) is 0 Å². The Hall–Kier alpha value is -1.12. The van der Waals surface area contributed by atoms with Crippen LogP contribution in [0, 0.1) is 5.92 Å². The first kappa shape index (κ1) is 12.3. The van der Waals surface area contributed by atoms with Crippen molar-refractivity contribution >= 4 is 5.82 Å². The van der Waals surface area contributed by atoms with Crippen LogP contribution in [0.5, 0.6) is 0 Å². The van der Waals surface area contributed by atoms with Crippen LogP contribution >= 0.6 is 0 Å². The first-order valence-corrected chi connectivity index (χ1v) is 6.81. The lowest BCUT2D eigenvalue weighted by molar-refractivity contribution is 0.492. The molecule has 3 heteroatoms. The number of anilines is 1. The molecule has 3 nitrogen and oxygen atoms in total. The summed E-state index contributed by atoms with van der Waals surface area (Å²) in [6.07, 6.45) is 7.68. The molecular formula is C14H23N3. The van der Waals surface area contributed by atoms with Crippen LogP contribution in [0.4, 0.5) is 5.82 Å². The predicted molar refractivity (Wildman–Crippen MR) is 71.2 cm³/mol. The number of aromatic nitrogens is 2. The third kappa shape index (κ3) is 2.76. The summed E-state index contributed by atoms with van der Waals surface area (Å²) < 4.78 is 0. The number of aryl methyl sites for hydroxylation is 1. The van der Waals surface area contributed by atoms with Crippen molar-refractivity contribution in [3.05, 3.63) is 17.6 Å². The summed E-state index contributed by atoms with van der Waals surface area (Å²) >= 11 is 0. The molecule has 2 atom stereocenters. The van der Waals surface area contributed by atoms with E-state index in [9.17, 15) is 0 Å². The Labute approximate surface area is 104 Å². The summed E-state index contributed by atoms with van der Waals surface area (Å²) in [6, 6.07) is 0.473. The second kappa shape index (κ2) is 5.48. The third-order valence-corrected chi connectivity index (χ3v) is 3.99. The van der Waals surface area contributed by atoms with E-state index in [4.69, 9.17) is 0 Å². The average Bonchev–Trinajstić information content (AvgIpc) is 2.38. The Morgan fingerprint density at radius 2 is 2.00 bits per heavy atom. The highest BCUT2D eigenvalue weighted by molar-refractivity contribution is 5.47. The van der Waals surface area contributed by atoms with Gasteiger partial charge in [-0.05, 0) is 38.5 Å². The zero-order chi connectivity index (χ0) is 12.3. The van der Waals surface area contributed by atoms with Crippen molar-refractivity contribution in [2.24, 2.45) is 5.92 Å². The third-order valence-electron chi connectivity index (χ3n) is 3.99. The summed E-state index contributed by atoms with van der Waals surface area (Å²) in [6.45, 7) is 6.76. The zero-order valence-corrected chi connectivity index (χ0v) is 11.2. The van der Waals surface area contributed by atoms with E-state index >= 15 is 0 Å². The second-order valence-corrected chi connectivity index (χ2v) is 5.17. The maximum absolute atomic E-state index is 4.43. The summed E-state index contributed by atoms with van der Waals surface area (Å²) in [5.41, 5.74) is 2.61. The normalized spacial score (nSPS) is 18.3. The fourth-order valence-corrected chi connectivity index (χ4v) is 2.36. The van der Waals surface area contributed by atoms with Gasteiger partial charge in [0.15, 0.2) is 0 Å². The van der Waals surface area contributed by atoms with Crippen LogP contribution in [0.15, 0.2) is 6.33 Å². The molecule has 0 bridgehead atoms. The first-order chi connectivity index (χ1) is 8.22. The van der Waals surface area contributed by atoms with Crippen LogP contribution in [0.2, 0.25) is 0 Å². The SMILES string of the molecule is CCC(C)C(C)Nc1ncnc2c1CCCC2. The first-order valence-electron chi connectivity index (χ1n) is 6.81. The van der Waals surface area contributed by atoms with E-state index in [2.05, 4.69) is 36.1 Å². The molecule has 1 aromatic rings. The predicted octanol–water partition coefficient (Wildman–Crippen LogP) is 3.20. The van der Waals surface area contributed by atoms with Crippen LogP contribution < -0.4 is 5.32 Å². The maximum Gasteiger partial charge on any atom is 0.133 e. The average molecular weight is 233 g/mol. The Morgan fingerprint density at radius 1 is 1.24 bits per heavy atom. The Bertz CT molecular complexity index is 376. The minimum Gasteiger partial charge on any atom is -0.367 e. The van der Waals surface area contributed by atoms with Crippen molar-refractivity contribution in [2.75, 3.05) is 5.32 Å². The van der Waals surface area contributed by atoms with Crippen molar-refractivity contribution in [1.82, 2.24) is 9.97 Å². The molecule has 0 radical (unpaired) electrons. The fraction of sp³-hybridized carbons (Fsp3) is 0.714. The Morgan fingerprint density at radius 3 is 2.76 bits per heavy atom. The van der Waals surface area contributed by atoms with Gasteiger partial charge in [-0.1, -0.05) is 20.3 Å². The molecule has 0 spiro atoms. The van der Waals surface area contributed by atoms with E-state index in [-0.39, 0.29) is 0 Å². The van der Waals surface area contributed by atoms with Gasteiger partial charge in [0.25, 0.3) is 0 Å². The van der Waals surface area contributed by atoms with E-state index < -0.39 is 0 Å². The molecule has 2 rings (SSSR count). The summed E-state index contributed by atoms with van der Waals surface area (Å²) in [7, 11) is 0. The minimum absolute atomic E-state index is 0.473. The molecule has 0 fully saturated rings. The molecule has 0 aliphatic heterocycles. The molecule has 1 aliphatic carbocycles. The Kier molecular flexibility index (Phi) is 3.97. The lowest BCUT2D eigenvalue weighted by Gasteiger charge is -2.24. The van der Waals surface area contributed by atoms with Crippen LogP contribution in [-0.4, -0.2) is 16.0 Å². The number of rotatable bonds is 4. The summed E-state index contributed by atoms with van der Waals surface area (Å²) in [5, 5.41) is 3.57. The van der Waals surface area contributed by atoms with Gasteiger partial charge in [0.1, 0.15) is 12.1 Å². The number of nitrogens with zero attached hydrogens (tertiary/aromatic N) is 2. The fourth-order valence-electron chi connectivity index (χ4n) is 2.36. The van der Waals surface area contributed by atoms with Gasteiger partial charge < -0.3 is 5.32 Å². The van der Waals surface area contributed by atoms with Crippen LogP contribution in [-0.2, 0) is 12.8 Å². The van der Waals surface area contributed by atoms with Crippen LogP contribution in [0.3, 0.4) is 0 Å². The molecule has 1 N–H and O–H groups in total. The lowest BCUT2D eigenvalue weighted by Crippen LogP contribution is -2.25. The molecular weight excluding hydrogens is 210 g/mol. The molecule has 1 aliphatic rings. The zero-order valence-electron chi connectivity index (χ0n) is 11.2. The molecule has 17 heavy (non-hydrogen) atoms. The molecule has 0 aromatic carbocycles. The number of fused-ring (bicyclic) bond motifs is 1. The van der Waals surface area contributed by atoms with E-state index in [0.29, 0.717) is 12.0 Å². The lowest BCUT2D eigenvalue weighted by atomic mass is 9.95. The highest BCUT2D eigenvalue weighted by Gasteiger charge is 2.18. The van der Waals surface area contributed by atoms with Gasteiger partial charge in [-0.25, -0.2) is 9.97 Å². The molecule has 94 valence electrons. The smallest absolute Gasteiger partial charge is 0.133 e. The molecule has 0 saturated heterocycles. The largest absolute Gasteiger partial charge is 0.367 e. The molecule has 1 aromatic heterocycles. The monoisotopic (exact) mass is 233 g/mol. The molecule has 1 heterocycles. The van der Waals surface area contributed by atoms with Gasteiger partial charge in [0.05, 0.1) is 0 Å². The standard InChI is InChI=1S/C14H23N3/c1-4-10(2)11(3)17-14-12-7-5-6-8-13(12)15-9-16-14/h9-11H,4-8H2,1-3H3,(H,15,16,17). The van der Waals surface area contributed by atoms with Gasteiger partial charge in [-0.2, -0.15) is 0 Å². The molecule has 2 unspecified atom stereocenters. The van der Waals surface area contributed by atoms with E-state index in [0.717, 1.165) is 18.7 Å². The quantitative estimate of drug-likeness (QED) is 0.867. The highest BCUT2D eigenvalue weighted by Crippen LogP contribution is 2.25. The summed E-state index contributed by atoms with van der Waals surface area (Å²) in [4.78, 5) is 8.83. The minimum atomic E-state index is 0.473. The van der Waals surface area contributed by atoms with Gasteiger partial charge in [-0.3, -0.25) is 0 Å². The Balaban J connectivity index is 2.15. The van der Waals surface area contributed by atoms with Crippen molar-refractivity contribution < 1.29 is 0 Å². The summed E-state index contributed by atoms with van der Waals surface area (Å²) in [5.74, 6) is 1.74. The van der Waals surface area contributed by atoms with Gasteiger partial charge >= 0.3 is 0 Å². The molecule has 0 amide bonds. The number of nitrogens with one attached hydrogen (secondary N) is 1. The van der Waals surface area contributed by atoms with Gasteiger partial charge in [0, 0.05) is 17.3 Å². The van der Waals surface area contributed by atoms with Gasteiger partial charge in [0.2, 0.25) is 0 Å². The second-order valence-electron chi connectivity index (χ2n) is 5.17. The number of hydrogen-bond donors (Lipinski definition) is 1. The van der Waals surface area contributed by atoms with Crippen LogP contribution in [0.1, 0.15) is 51.3 Å². The van der Waals surface area contributed by atoms with Crippen molar-refractivity contribution in [2.45, 2.75) is 58.9 Å². The number of hydrogen-bond acceptors (Lipinski definition) is 3. The maximum atomic E-state index is 4.43. The topological polar surface area (TPSA) is 37.8 Å². The van der Waals surface area contributed by atoms with E-state index in [1.807, 2.05) is 0 Å². The van der Waals surface area contributed by atoms with Gasteiger partial charge in [-0.15, -0.1) is 0 Å². The molecule has 0 saturated carbocycles.